The molecular weight excluding hydrogens is 194 g/mol. The zero-order valence-corrected chi connectivity index (χ0v) is 7.51. The predicted octanol–water partition coefficient (Wildman–Crippen LogP) is 2.25. The van der Waals surface area contributed by atoms with E-state index in [4.69, 9.17) is 11.6 Å². The second-order valence-corrected chi connectivity index (χ2v) is 3.33. The molecule has 0 aromatic carbocycles. The molecule has 2 heterocycles. The number of hydrogen-bond donors (Lipinski definition) is 0. The molecule has 0 spiro atoms. The number of pyridine rings is 1. The molecule has 0 unspecified atom stereocenters. The fourth-order valence-electron chi connectivity index (χ4n) is 0.834. The maximum Gasteiger partial charge on any atom is 0.147 e. The fraction of sp³-hybridized carbons (Fsp3) is 0. The lowest BCUT2D eigenvalue weighted by Crippen LogP contribution is -1.78. The lowest BCUT2D eigenvalue weighted by molar-refractivity contribution is 1.09. The summed E-state index contributed by atoms with van der Waals surface area (Å²) in [6.45, 7) is 0. The number of rotatable bonds is 1. The van der Waals surface area contributed by atoms with Gasteiger partial charge in [0.2, 0.25) is 0 Å². The Bertz CT molecular complexity index is 374. The van der Waals surface area contributed by atoms with Crippen molar-refractivity contribution in [2.75, 3.05) is 0 Å². The van der Waals surface area contributed by atoms with E-state index >= 15 is 0 Å². The standard InChI is InChI=1S/C7H4ClN3S/c8-6-3-5(1-2-9-6)7-11-10-4-12-7/h1-4H. The van der Waals surface area contributed by atoms with Crippen molar-refractivity contribution in [2.45, 2.75) is 0 Å². The minimum atomic E-state index is 0.475. The van der Waals surface area contributed by atoms with Crippen LogP contribution in [0.25, 0.3) is 10.6 Å². The van der Waals surface area contributed by atoms with Crippen LogP contribution in [0.15, 0.2) is 23.8 Å². The van der Waals surface area contributed by atoms with Crippen molar-refractivity contribution in [2.24, 2.45) is 0 Å². The van der Waals surface area contributed by atoms with Crippen LogP contribution in [0, 0.1) is 0 Å². The van der Waals surface area contributed by atoms with Crippen LogP contribution in [-0.4, -0.2) is 15.2 Å². The van der Waals surface area contributed by atoms with Gasteiger partial charge in [0.05, 0.1) is 0 Å². The highest BCUT2D eigenvalue weighted by Gasteiger charge is 2.00. The van der Waals surface area contributed by atoms with Gasteiger partial charge in [-0.05, 0) is 12.1 Å². The van der Waals surface area contributed by atoms with E-state index in [1.54, 1.807) is 17.8 Å². The molecule has 0 bridgehead atoms. The summed E-state index contributed by atoms with van der Waals surface area (Å²) in [6.07, 6.45) is 1.65. The highest BCUT2D eigenvalue weighted by atomic mass is 35.5. The fourth-order valence-corrected chi connectivity index (χ4v) is 1.56. The van der Waals surface area contributed by atoms with Crippen LogP contribution >= 0.6 is 22.9 Å². The van der Waals surface area contributed by atoms with Crippen molar-refractivity contribution in [3.63, 3.8) is 0 Å². The average Bonchev–Trinajstić information content (AvgIpc) is 2.56. The first-order valence-electron chi connectivity index (χ1n) is 3.24. The summed E-state index contributed by atoms with van der Waals surface area (Å²) in [7, 11) is 0. The first-order valence-corrected chi connectivity index (χ1v) is 4.50. The highest BCUT2D eigenvalue weighted by Crippen LogP contribution is 2.21. The van der Waals surface area contributed by atoms with Crippen molar-refractivity contribution in [1.82, 2.24) is 15.2 Å². The van der Waals surface area contributed by atoms with Crippen LogP contribution < -0.4 is 0 Å². The molecule has 60 valence electrons. The van der Waals surface area contributed by atoms with E-state index in [-0.39, 0.29) is 0 Å². The largest absolute Gasteiger partial charge is 0.245 e. The zero-order chi connectivity index (χ0) is 8.39. The number of halogens is 1. The van der Waals surface area contributed by atoms with Gasteiger partial charge in [-0.15, -0.1) is 10.2 Å². The van der Waals surface area contributed by atoms with Crippen LogP contribution in [0.2, 0.25) is 5.15 Å². The summed E-state index contributed by atoms with van der Waals surface area (Å²) < 4.78 is 0. The number of hydrogen-bond acceptors (Lipinski definition) is 4. The second-order valence-electron chi connectivity index (χ2n) is 2.11. The molecule has 2 aromatic rings. The molecule has 0 aliphatic rings. The van der Waals surface area contributed by atoms with Gasteiger partial charge < -0.3 is 0 Å². The summed E-state index contributed by atoms with van der Waals surface area (Å²) in [4.78, 5) is 3.87. The van der Waals surface area contributed by atoms with Gasteiger partial charge in [-0.3, -0.25) is 0 Å². The van der Waals surface area contributed by atoms with Crippen molar-refractivity contribution in [3.05, 3.63) is 29.0 Å². The minimum absolute atomic E-state index is 0.475. The molecular formula is C7H4ClN3S. The molecule has 0 aliphatic heterocycles. The Kier molecular flexibility index (Phi) is 2.01. The summed E-state index contributed by atoms with van der Waals surface area (Å²) in [5, 5.41) is 8.98. The van der Waals surface area contributed by atoms with E-state index in [0.29, 0.717) is 5.15 Å². The molecule has 2 rings (SSSR count). The summed E-state index contributed by atoms with van der Waals surface area (Å²) >= 11 is 7.18. The average molecular weight is 198 g/mol. The third kappa shape index (κ3) is 1.44. The first kappa shape index (κ1) is 7.64. The van der Waals surface area contributed by atoms with Gasteiger partial charge in [0.1, 0.15) is 15.7 Å². The minimum Gasteiger partial charge on any atom is -0.245 e. The van der Waals surface area contributed by atoms with Crippen molar-refractivity contribution in [1.29, 1.82) is 0 Å². The van der Waals surface area contributed by atoms with Gasteiger partial charge in [0.15, 0.2) is 0 Å². The smallest absolute Gasteiger partial charge is 0.147 e. The third-order valence-corrected chi connectivity index (χ3v) is 2.28. The van der Waals surface area contributed by atoms with Crippen LogP contribution in [0.5, 0.6) is 0 Å². The Labute approximate surface area is 78.1 Å². The van der Waals surface area contributed by atoms with Gasteiger partial charge in [-0.25, -0.2) is 4.98 Å². The van der Waals surface area contributed by atoms with Crippen LogP contribution in [0.4, 0.5) is 0 Å². The van der Waals surface area contributed by atoms with Gasteiger partial charge in [0.25, 0.3) is 0 Å². The molecule has 0 aliphatic carbocycles. The molecule has 3 nitrogen and oxygen atoms in total. The van der Waals surface area contributed by atoms with E-state index in [2.05, 4.69) is 15.2 Å². The van der Waals surface area contributed by atoms with E-state index in [1.807, 2.05) is 6.07 Å². The molecule has 0 saturated carbocycles. The van der Waals surface area contributed by atoms with Crippen LogP contribution in [0.1, 0.15) is 0 Å². The van der Waals surface area contributed by atoms with Crippen molar-refractivity contribution in [3.8, 4) is 10.6 Å². The molecule has 2 aromatic heterocycles. The van der Waals surface area contributed by atoms with E-state index in [9.17, 15) is 0 Å². The molecule has 0 amide bonds. The van der Waals surface area contributed by atoms with Gasteiger partial charge in [-0.2, -0.15) is 0 Å². The van der Waals surface area contributed by atoms with Gasteiger partial charge in [0, 0.05) is 11.8 Å². The lowest BCUT2D eigenvalue weighted by atomic mass is 10.3. The SMILES string of the molecule is Clc1cc(-c2nncs2)ccn1. The third-order valence-electron chi connectivity index (χ3n) is 1.33. The Balaban J connectivity index is 2.48. The van der Waals surface area contributed by atoms with Crippen molar-refractivity contribution < 1.29 is 0 Å². The molecule has 0 N–H and O–H groups in total. The first-order chi connectivity index (χ1) is 5.86. The molecule has 0 radical (unpaired) electrons. The van der Waals surface area contributed by atoms with E-state index in [0.717, 1.165) is 10.6 Å². The zero-order valence-electron chi connectivity index (χ0n) is 5.94. The monoisotopic (exact) mass is 197 g/mol. The number of nitrogens with zero attached hydrogens (tertiary/aromatic N) is 3. The normalized spacial score (nSPS) is 10.1. The van der Waals surface area contributed by atoms with E-state index in [1.165, 1.54) is 11.3 Å². The number of aromatic nitrogens is 3. The quantitative estimate of drug-likeness (QED) is 0.659. The Hall–Kier alpha value is -1.00. The van der Waals surface area contributed by atoms with Crippen LogP contribution in [-0.2, 0) is 0 Å². The highest BCUT2D eigenvalue weighted by molar-refractivity contribution is 7.12. The Morgan fingerprint density at radius 2 is 2.33 bits per heavy atom. The molecule has 5 heteroatoms. The van der Waals surface area contributed by atoms with Crippen molar-refractivity contribution >= 4 is 22.9 Å². The Morgan fingerprint density at radius 3 is 3.00 bits per heavy atom. The summed E-state index contributed by atoms with van der Waals surface area (Å²) in [6, 6.07) is 3.62. The maximum atomic E-state index is 5.71. The molecule has 0 fully saturated rings. The summed E-state index contributed by atoms with van der Waals surface area (Å²) in [5.74, 6) is 0. The second kappa shape index (κ2) is 3.16. The predicted molar refractivity (Wildman–Crippen MR) is 48.2 cm³/mol. The topological polar surface area (TPSA) is 38.7 Å². The molecule has 0 atom stereocenters. The lowest BCUT2D eigenvalue weighted by Gasteiger charge is -1.93. The maximum absolute atomic E-state index is 5.71. The van der Waals surface area contributed by atoms with E-state index < -0.39 is 0 Å². The molecule has 12 heavy (non-hydrogen) atoms. The summed E-state index contributed by atoms with van der Waals surface area (Å²) in [5.41, 5.74) is 2.64. The molecule has 0 saturated heterocycles. The van der Waals surface area contributed by atoms with Crippen LogP contribution in [0.3, 0.4) is 0 Å². The van der Waals surface area contributed by atoms with Gasteiger partial charge in [-0.1, -0.05) is 22.9 Å². The Morgan fingerprint density at radius 1 is 1.42 bits per heavy atom. The van der Waals surface area contributed by atoms with Gasteiger partial charge >= 0.3 is 0 Å².